The number of rotatable bonds is 2. The zero-order valence-electron chi connectivity index (χ0n) is 15.9. The van der Waals surface area contributed by atoms with Crippen molar-refractivity contribution in [3.05, 3.63) is 110 Å². The number of amides is 1. The summed E-state index contributed by atoms with van der Waals surface area (Å²) in [6.07, 6.45) is 0. The van der Waals surface area contributed by atoms with Crippen LogP contribution >= 0.6 is 11.6 Å². The Kier molecular flexibility index (Phi) is 4.22. The fraction of sp³-hybridized carbons (Fsp3) is 0.0833. The lowest BCUT2D eigenvalue weighted by Gasteiger charge is -2.25. The largest absolute Gasteiger partial charge is 0.450 e. The quantitative estimate of drug-likeness (QED) is 0.422. The standard InChI is InChI=1S/C24H15ClFNO3/c1-13-6-9-15(10-7-13)27-21(16-4-2-3-5-18(16)26)20-22(28)17-12-14(25)8-11-19(17)30-23(20)24(27)29/h2-12,21H,1H3. The van der Waals surface area contributed by atoms with E-state index in [0.717, 1.165) is 5.56 Å². The van der Waals surface area contributed by atoms with Crippen molar-refractivity contribution >= 4 is 34.2 Å². The van der Waals surface area contributed by atoms with Gasteiger partial charge in [-0.05, 0) is 43.3 Å². The minimum Gasteiger partial charge on any atom is -0.450 e. The Morgan fingerprint density at radius 1 is 1.00 bits per heavy atom. The van der Waals surface area contributed by atoms with Crippen molar-refractivity contribution in [1.82, 2.24) is 0 Å². The number of halogens is 2. The zero-order valence-corrected chi connectivity index (χ0v) is 16.6. The van der Waals surface area contributed by atoms with Crippen LogP contribution in [0, 0.1) is 12.7 Å². The molecule has 1 aliphatic heterocycles. The minimum atomic E-state index is -0.948. The van der Waals surface area contributed by atoms with Crippen molar-refractivity contribution in [3.63, 3.8) is 0 Å². The smallest absolute Gasteiger partial charge is 0.295 e. The van der Waals surface area contributed by atoms with Crippen LogP contribution in [-0.4, -0.2) is 5.91 Å². The summed E-state index contributed by atoms with van der Waals surface area (Å²) in [5.41, 5.74) is 1.76. The molecule has 148 valence electrons. The van der Waals surface area contributed by atoms with Gasteiger partial charge in [0.25, 0.3) is 5.91 Å². The summed E-state index contributed by atoms with van der Waals surface area (Å²) in [5, 5.41) is 0.623. The van der Waals surface area contributed by atoms with Gasteiger partial charge in [0.15, 0.2) is 5.43 Å². The molecule has 0 bridgehead atoms. The Morgan fingerprint density at radius 2 is 1.73 bits per heavy atom. The molecule has 0 spiro atoms. The summed E-state index contributed by atoms with van der Waals surface area (Å²) in [4.78, 5) is 28.2. The number of hydrogen-bond acceptors (Lipinski definition) is 3. The lowest BCUT2D eigenvalue weighted by Crippen LogP contribution is -2.30. The third-order valence-corrected chi connectivity index (χ3v) is 5.58. The van der Waals surface area contributed by atoms with Crippen LogP contribution in [0.5, 0.6) is 0 Å². The van der Waals surface area contributed by atoms with E-state index in [9.17, 15) is 14.0 Å². The fourth-order valence-electron chi connectivity index (χ4n) is 3.91. The Labute approximate surface area is 176 Å². The monoisotopic (exact) mass is 419 g/mol. The molecule has 5 rings (SSSR count). The van der Waals surface area contributed by atoms with Gasteiger partial charge in [-0.1, -0.05) is 47.5 Å². The Morgan fingerprint density at radius 3 is 2.47 bits per heavy atom. The summed E-state index contributed by atoms with van der Waals surface area (Å²) >= 11 is 6.07. The number of carbonyl (C=O) groups is 1. The first-order valence-corrected chi connectivity index (χ1v) is 9.74. The van der Waals surface area contributed by atoms with Gasteiger partial charge in [0.05, 0.1) is 17.0 Å². The molecule has 1 unspecified atom stereocenters. The highest BCUT2D eigenvalue weighted by Gasteiger charge is 2.44. The van der Waals surface area contributed by atoms with Crippen molar-refractivity contribution in [3.8, 4) is 0 Å². The zero-order chi connectivity index (χ0) is 21.0. The van der Waals surface area contributed by atoms with E-state index in [1.165, 1.54) is 17.0 Å². The fourth-order valence-corrected chi connectivity index (χ4v) is 4.08. The molecular weight excluding hydrogens is 405 g/mol. The van der Waals surface area contributed by atoms with Crippen molar-refractivity contribution in [1.29, 1.82) is 0 Å². The number of hydrogen-bond donors (Lipinski definition) is 0. The highest BCUT2D eigenvalue weighted by atomic mass is 35.5. The number of benzene rings is 3. The molecule has 4 nitrogen and oxygen atoms in total. The summed E-state index contributed by atoms with van der Waals surface area (Å²) in [7, 11) is 0. The molecule has 2 heterocycles. The van der Waals surface area contributed by atoms with E-state index >= 15 is 0 Å². The van der Waals surface area contributed by atoms with Crippen LogP contribution < -0.4 is 10.3 Å². The first-order valence-electron chi connectivity index (χ1n) is 9.36. The summed E-state index contributed by atoms with van der Waals surface area (Å²) < 4.78 is 20.7. The van der Waals surface area contributed by atoms with E-state index in [0.29, 0.717) is 10.7 Å². The van der Waals surface area contributed by atoms with Crippen LogP contribution in [0.25, 0.3) is 11.0 Å². The number of fused-ring (bicyclic) bond motifs is 2. The highest BCUT2D eigenvalue weighted by Crippen LogP contribution is 2.42. The van der Waals surface area contributed by atoms with Crippen LogP contribution in [0.2, 0.25) is 5.02 Å². The second-order valence-corrected chi connectivity index (χ2v) is 7.69. The Bertz CT molecular complexity index is 1380. The topological polar surface area (TPSA) is 50.5 Å². The molecule has 6 heteroatoms. The maximum absolute atomic E-state index is 14.8. The molecule has 1 amide bonds. The number of carbonyl (C=O) groups excluding carboxylic acids is 1. The molecule has 1 aliphatic rings. The van der Waals surface area contributed by atoms with E-state index in [-0.39, 0.29) is 27.9 Å². The molecule has 1 atom stereocenters. The first-order chi connectivity index (χ1) is 14.5. The SMILES string of the molecule is Cc1ccc(N2C(=O)c3oc4ccc(Cl)cc4c(=O)c3C2c2ccccc2F)cc1. The Balaban J connectivity index is 1.84. The molecule has 0 fully saturated rings. The van der Waals surface area contributed by atoms with E-state index in [1.807, 2.05) is 19.1 Å². The van der Waals surface area contributed by atoms with Crippen LogP contribution in [0.15, 0.2) is 75.9 Å². The number of nitrogens with zero attached hydrogens (tertiary/aromatic N) is 1. The molecule has 4 aromatic rings. The molecule has 0 radical (unpaired) electrons. The van der Waals surface area contributed by atoms with Gasteiger partial charge in [0.2, 0.25) is 5.76 Å². The summed E-state index contributed by atoms with van der Waals surface area (Å²) in [6, 6.07) is 17.1. The van der Waals surface area contributed by atoms with E-state index < -0.39 is 23.2 Å². The molecule has 0 aliphatic carbocycles. The third kappa shape index (κ3) is 2.74. The number of aryl methyl sites for hydroxylation is 1. The molecule has 0 N–H and O–H groups in total. The lowest BCUT2D eigenvalue weighted by molar-refractivity contribution is 0.0971. The molecule has 3 aromatic carbocycles. The Hall–Kier alpha value is -3.44. The normalized spacial score (nSPS) is 15.6. The first kappa shape index (κ1) is 18.6. The number of anilines is 1. The molecule has 1 aromatic heterocycles. The van der Waals surface area contributed by atoms with Crippen LogP contribution in [-0.2, 0) is 0 Å². The van der Waals surface area contributed by atoms with Gasteiger partial charge in [-0.2, -0.15) is 0 Å². The maximum atomic E-state index is 14.8. The van der Waals surface area contributed by atoms with Crippen LogP contribution in [0.1, 0.15) is 33.3 Å². The van der Waals surface area contributed by atoms with Crippen molar-refractivity contribution < 1.29 is 13.6 Å². The second kappa shape index (κ2) is 6.82. The summed E-state index contributed by atoms with van der Waals surface area (Å²) in [5.74, 6) is -1.08. The highest BCUT2D eigenvalue weighted by molar-refractivity contribution is 6.31. The van der Waals surface area contributed by atoms with Crippen molar-refractivity contribution in [2.75, 3.05) is 4.90 Å². The predicted molar refractivity (Wildman–Crippen MR) is 114 cm³/mol. The molecule has 0 saturated carbocycles. The third-order valence-electron chi connectivity index (χ3n) is 5.34. The summed E-state index contributed by atoms with van der Waals surface area (Å²) in [6.45, 7) is 1.93. The van der Waals surface area contributed by atoms with Gasteiger partial charge >= 0.3 is 0 Å². The van der Waals surface area contributed by atoms with E-state index in [4.69, 9.17) is 16.0 Å². The van der Waals surface area contributed by atoms with Gasteiger partial charge in [-0.3, -0.25) is 14.5 Å². The minimum absolute atomic E-state index is 0.0800. The van der Waals surface area contributed by atoms with Gasteiger partial charge in [0, 0.05) is 16.3 Å². The van der Waals surface area contributed by atoms with Crippen LogP contribution in [0.3, 0.4) is 0 Å². The van der Waals surface area contributed by atoms with Gasteiger partial charge in [-0.15, -0.1) is 0 Å². The predicted octanol–water partition coefficient (Wildman–Crippen LogP) is 5.64. The average molecular weight is 420 g/mol. The van der Waals surface area contributed by atoms with Crippen molar-refractivity contribution in [2.45, 2.75) is 13.0 Å². The second-order valence-electron chi connectivity index (χ2n) is 7.25. The molecule has 30 heavy (non-hydrogen) atoms. The lowest BCUT2D eigenvalue weighted by atomic mass is 9.97. The maximum Gasteiger partial charge on any atom is 0.295 e. The van der Waals surface area contributed by atoms with E-state index in [1.54, 1.807) is 42.5 Å². The van der Waals surface area contributed by atoms with Crippen molar-refractivity contribution in [2.24, 2.45) is 0 Å². The van der Waals surface area contributed by atoms with E-state index in [2.05, 4.69) is 0 Å². The van der Waals surface area contributed by atoms with Crippen LogP contribution in [0.4, 0.5) is 10.1 Å². The molecule has 0 saturated heterocycles. The average Bonchev–Trinajstić information content (AvgIpc) is 3.02. The van der Waals surface area contributed by atoms with Gasteiger partial charge < -0.3 is 4.42 Å². The van der Waals surface area contributed by atoms with Gasteiger partial charge in [0.1, 0.15) is 11.4 Å². The van der Waals surface area contributed by atoms with Gasteiger partial charge in [-0.25, -0.2) is 4.39 Å². The molecular formula is C24H15ClFNO3.